The summed E-state index contributed by atoms with van der Waals surface area (Å²) in [5.74, 6) is 0.132. The fraction of sp³-hybridized carbons (Fsp3) is 0.375. The largest absolute Gasteiger partial charge is 0.586 e. The van der Waals surface area contributed by atoms with Crippen molar-refractivity contribution < 1.29 is 18.3 Å². The number of nitrogens with zero attached hydrogens (tertiary/aromatic N) is 1. The highest BCUT2D eigenvalue weighted by Gasteiger charge is 2.43. The fourth-order valence-corrected chi connectivity index (χ4v) is 4.33. The predicted octanol–water partition coefficient (Wildman–Crippen LogP) is 3.72. The van der Waals surface area contributed by atoms with Gasteiger partial charge in [-0.2, -0.15) is 0 Å². The number of benzene rings is 1. The SMILES string of the molecule is FC1(F)Oc2ccc([C@@H](c3ccc(Cl)s3)N3CCNCC3)cc2O1. The zero-order chi connectivity index (χ0) is 16.7. The number of piperazine rings is 1. The Morgan fingerprint density at radius 2 is 1.88 bits per heavy atom. The van der Waals surface area contributed by atoms with Crippen LogP contribution in [0.5, 0.6) is 11.5 Å². The van der Waals surface area contributed by atoms with Crippen molar-refractivity contribution in [1.29, 1.82) is 0 Å². The predicted molar refractivity (Wildman–Crippen MR) is 88.3 cm³/mol. The normalized spacial score (nSPS) is 21.0. The van der Waals surface area contributed by atoms with E-state index in [4.69, 9.17) is 11.6 Å². The van der Waals surface area contributed by atoms with Gasteiger partial charge in [0, 0.05) is 31.1 Å². The number of ether oxygens (including phenoxy) is 2. The molecule has 0 spiro atoms. The summed E-state index contributed by atoms with van der Waals surface area (Å²) in [6.07, 6.45) is -3.60. The van der Waals surface area contributed by atoms with Gasteiger partial charge < -0.3 is 14.8 Å². The molecule has 128 valence electrons. The Kier molecular flexibility index (Phi) is 4.12. The van der Waals surface area contributed by atoms with Crippen LogP contribution in [0.1, 0.15) is 16.5 Å². The summed E-state index contributed by atoms with van der Waals surface area (Å²) in [6.45, 7) is 3.51. The smallest absolute Gasteiger partial charge is 0.395 e. The maximum absolute atomic E-state index is 13.3. The molecule has 2 aromatic rings. The van der Waals surface area contributed by atoms with Crippen LogP contribution in [-0.4, -0.2) is 37.4 Å². The highest BCUT2D eigenvalue weighted by atomic mass is 35.5. The quantitative estimate of drug-likeness (QED) is 0.890. The van der Waals surface area contributed by atoms with Crippen molar-refractivity contribution in [2.24, 2.45) is 0 Å². The Balaban J connectivity index is 1.71. The van der Waals surface area contributed by atoms with E-state index in [2.05, 4.69) is 19.7 Å². The molecular formula is C16H15ClF2N2O2S. The number of hydrogen-bond acceptors (Lipinski definition) is 5. The zero-order valence-corrected chi connectivity index (χ0v) is 14.2. The summed E-state index contributed by atoms with van der Waals surface area (Å²) < 4.78 is 36.3. The number of halogens is 3. The maximum Gasteiger partial charge on any atom is 0.586 e. The van der Waals surface area contributed by atoms with Gasteiger partial charge in [0.25, 0.3) is 0 Å². The Bertz CT molecular complexity index is 749. The van der Waals surface area contributed by atoms with E-state index in [1.54, 1.807) is 6.07 Å². The number of nitrogens with one attached hydrogen (secondary N) is 1. The summed E-state index contributed by atoms with van der Waals surface area (Å²) in [5.41, 5.74) is 0.885. The van der Waals surface area contributed by atoms with Crippen molar-refractivity contribution in [1.82, 2.24) is 10.2 Å². The molecule has 1 saturated heterocycles. The molecule has 0 amide bonds. The second kappa shape index (κ2) is 6.15. The molecule has 0 radical (unpaired) electrons. The van der Waals surface area contributed by atoms with Gasteiger partial charge in [-0.1, -0.05) is 17.7 Å². The molecule has 1 N–H and O–H groups in total. The van der Waals surface area contributed by atoms with Crippen LogP contribution in [0.3, 0.4) is 0 Å². The molecule has 0 saturated carbocycles. The first-order valence-electron chi connectivity index (χ1n) is 7.62. The van der Waals surface area contributed by atoms with Crippen molar-refractivity contribution in [3.8, 4) is 11.5 Å². The first-order valence-corrected chi connectivity index (χ1v) is 8.81. The third-order valence-corrected chi connectivity index (χ3v) is 5.40. The molecule has 24 heavy (non-hydrogen) atoms. The second-order valence-corrected chi connectivity index (χ2v) is 7.45. The van der Waals surface area contributed by atoms with Gasteiger partial charge in [0.15, 0.2) is 11.5 Å². The molecule has 0 aliphatic carbocycles. The van der Waals surface area contributed by atoms with E-state index in [0.717, 1.165) is 36.6 Å². The topological polar surface area (TPSA) is 33.7 Å². The van der Waals surface area contributed by atoms with Crippen LogP contribution < -0.4 is 14.8 Å². The molecule has 4 rings (SSSR count). The lowest BCUT2D eigenvalue weighted by Crippen LogP contribution is -2.45. The lowest BCUT2D eigenvalue weighted by molar-refractivity contribution is -0.286. The van der Waals surface area contributed by atoms with Crippen molar-refractivity contribution in [2.75, 3.05) is 26.2 Å². The van der Waals surface area contributed by atoms with Gasteiger partial charge in [-0.3, -0.25) is 4.90 Å². The van der Waals surface area contributed by atoms with Crippen molar-refractivity contribution in [3.05, 3.63) is 45.1 Å². The summed E-state index contributed by atoms with van der Waals surface area (Å²) in [4.78, 5) is 3.39. The maximum atomic E-state index is 13.3. The van der Waals surface area contributed by atoms with E-state index in [0.29, 0.717) is 4.34 Å². The van der Waals surface area contributed by atoms with E-state index in [1.165, 1.54) is 17.4 Å². The highest BCUT2D eigenvalue weighted by molar-refractivity contribution is 7.16. The van der Waals surface area contributed by atoms with Crippen LogP contribution in [-0.2, 0) is 0 Å². The second-order valence-electron chi connectivity index (χ2n) is 5.70. The molecular weight excluding hydrogens is 358 g/mol. The van der Waals surface area contributed by atoms with Gasteiger partial charge in [0.05, 0.1) is 10.4 Å². The average molecular weight is 373 g/mol. The van der Waals surface area contributed by atoms with Crippen LogP contribution >= 0.6 is 22.9 Å². The number of alkyl halides is 2. The van der Waals surface area contributed by atoms with E-state index in [1.807, 2.05) is 18.2 Å². The fourth-order valence-electron chi connectivity index (χ4n) is 3.11. The molecule has 1 aromatic heterocycles. The molecule has 1 aromatic carbocycles. The standard InChI is InChI=1S/C16H15ClF2N2O2S/c17-14-4-3-13(24-14)15(21-7-5-20-6-8-21)10-1-2-11-12(9-10)23-16(18,19)22-11/h1-4,9,15,20H,5-8H2/t15-/m0/s1. The van der Waals surface area contributed by atoms with Crippen LogP contribution in [0.4, 0.5) is 8.78 Å². The summed E-state index contributed by atoms with van der Waals surface area (Å²) in [7, 11) is 0. The van der Waals surface area contributed by atoms with Gasteiger partial charge in [0.2, 0.25) is 0 Å². The minimum atomic E-state index is -3.60. The molecule has 3 heterocycles. The number of hydrogen-bond donors (Lipinski definition) is 1. The average Bonchev–Trinajstić information content (AvgIpc) is 3.10. The molecule has 1 atom stereocenters. The first kappa shape index (κ1) is 16.1. The van der Waals surface area contributed by atoms with Crippen molar-refractivity contribution >= 4 is 22.9 Å². The van der Waals surface area contributed by atoms with Gasteiger partial charge in [-0.05, 0) is 29.8 Å². The summed E-state index contributed by atoms with van der Waals surface area (Å²) in [6, 6.07) is 8.78. The minimum Gasteiger partial charge on any atom is -0.395 e. The Morgan fingerprint density at radius 1 is 1.12 bits per heavy atom. The molecule has 0 bridgehead atoms. The van der Waals surface area contributed by atoms with Gasteiger partial charge in [-0.25, -0.2) is 0 Å². The van der Waals surface area contributed by atoms with E-state index >= 15 is 0 Å². The van der Waals surface area contributed by atoms with Gasteiger partial charge in [-0.15, -0.1) is 20.1 Å². The van der Waals surface area contributed by atoms with Crippen LogP contribution in [0.15, 0.2) is 30.3 Å². The van der Waals surface area contributed by atoms with E-state index in [9.17, 15) is 8.78 Å². The lowest BCUT2D eigenvalue weighted by Gasteiger charge is -2.34. The minimum absolute atomic E-state index is 0.0484. The van der Waals surface area contributed by atoms with Gasteiger partial charge in [0.1, 0.15) is 0 Å². The lowest BCUT2D eigenvalue weighted by atomic mass is 10.0. The van der Waals surface area contributed by atoms with Crippen molar-refractivity contribution in [3.63, 3.8) is 0 Å². The molecule has 8 heteroatoms. The molecule has 2 aliphatic rings. The monoisotopic (exact) mass is 372 g/mol. The first-order chi connectivity index (χ1) is 11.5. The number of fused-ring (bicyclic) bond motifs is 1. The third kappa shape index (κ3) is 3.09. The Hall–Kier alpha value is -1.41. The zero-order valence-electron chi connectivity index (χ0n) is 12.6. The Labute approximate surface area is 146 Å². The molecule has 4 nitrogen and oxygen atoms in total. The van der Waals surface area contributed by atoms with Crippen molar-refractivity contribution in [2.45, 2.75) is 12.3 Å². The summed E-state index contributed by atoms with van der Waals surface area (Å²) in [5, 5.41) is 3.32. The van der Waals surface area contributed by atoms with E-state index < -0.39 is 6.29 Å². The van der Waals surface area contributed by atoms with Crippen LogP contribution in [0.25, 0.3) is 0 Å². The highest BCUT2D eigenvalue weighted by Crippen LogP contribution is 2.44. The number of thiophene rings is 1. The molecule has 1 fully saturated rings. The molecule has 0 unspecified atom stereocenters. The van der Waals surface area contributed by atoms with E-state index in [-0.39, 0.29) is 17.5 Å². The summed E-state index contributed by atoms with van der Waals surface area (Å²) >= 11 is 7.61. The number of rotatable bonds is 3. The molecule has 2 aliphatic heterocycles. The Morgan fingerprint density at radius 3 is 2.58 bits per heavy atom. The van der Waals surface area contributed by atoms with Crippen LogP contribution in [0.2, 0.25) is 4.34 Å². The third-order valence-electron chi connectivity index (χ3n) is 4.12. The van der Waals surface area contributed by atoms with Gasteiger partial charge >= 0.3 is 6.29 Å². The van der Waals surface area contributed by atoms with Crippen LogP contribution in [0, 0.1) is 0 Å².